The van der Waals surface area contributed by atoms with Gasteiger partial charge in [0.05, 0.1) is 10.7 Å². The van der Waals surface area contributed by atoms with Crippen LogP contribution >= 0.6 is 34.8 Å². The first-order chi connectivity index (χ1) is 14.9. The molecule has 4 rings (SSSR count). The van der Waals surface area contributed by atoms with Gasteiger partial charge in [-0.3, -0.25) is 0 Å². The van der Waals surface area contributed by atoms with Crippen molar-refractivity contribution in [3.63, 3.8) is 0 Å². The van der Waals surface area contributed by atoms with E-state index in [9.17, 15) is 9.65 Å². The second-order valence-corrected chi connectivity index (χ2v) is 7.82. The molecule has 0 unspecified atom stereocenters. The fourth-order valence-electron chi connectivity index (χ4n) is 3.03. The quantitative estimate of drug-likeness (QED) is 0.303. The Bertz CT molecular complexity index is 1320. The molecule has 0 N–H and O–H groups in total. The molecule has 152 valence electrons. The first-order valence-corrected chi connectivity index (χ1v) is 10.2. The Balaban J connectivity index is 1.94. The summed E-state index contributed by atoms with van der Waals surface area (Å²) in [5, 5.41) is 11.2. The highest BCUT2D eigenvalue weighted by molar-refractivity contribution is 6.36. The van der Waals surface area contributed by atoms with Crippen LogP contribution in [0.1, 0.15) is 5.56 Å². The van der Waals surface area contributed by atoms with Gasteiger partial charge in [-0.25, -0.2) is 9.37 Å². The van der Waals surface area contributed by atoms with Crippen LogP contribution in [-0.2, 0) is 0 Å². The molecule has 0 bridgehead atoms. The van der Waals surface area contributed by atoms with E-state index >= 15 is 0 Å². The lowest BCUT2D eigenvalue weighted by Crippen LogP contribution is -1.98. The molecule has 0 aliphatic heterocycles. The molecular formula is C24H12Cl3FN2O. The molecule has 7 heteroatoms. The molecule has 0 radical (unpaired) electrons. The van der Waals surface area contributed by atoms with Crippen molar-refractivity contribution in [1.29, 1.82) is 5.26 Å². The van der Waals surface area contributed by atoms with Crippen molar-refractivity contribution >= 4 is 34.8 Å². The maximum atomic E-state index is 13.6. The maximum Gasteiger partial charge on any atom is 0.237 e. The monoisotopic (exact) mass is 468 g/mol. The van der Waals surface area contributed by atoms with Gasteiger partial charge in [-0.1, -0.05) is 53.0 Å². The zero-order valence-electron chi connectivity index (χ0n) is 15.7. The number of nitrogens with zero attached hydrogens (tertiary/aromatic N) is 2. The van der Waals surface area contributed by atoms with E-state index in [1.54, 1.807) is 42.5 Å². The number of pyridine rings is 1. The third-order valence-corrected chi connectivity index (χ3v) is 5.26. The molecule has 3 nitrogen and oxygen atoms in total. The first-order valence-electron chi connectivity index (χ1n) is 9.04. The molecule has 1 heterocycles. The second kappa shape index (κ2) is 8.95. The minimum atomic E-state index is -0.463. The summed E-state index contributed by atoms with van der Waals surface area (Å²) < 4.78 is 19.4. The Morgan fingerprint density at radius 2 is 1.58 bits per heavy atom. The van der Waals surface area contributed by atoms with Gasteiger partial charge >= 0.3 is 0 Å². The van der Waals surface area contributed by atoms with Crippen LogP contribution in [0.3, 0.4) is 0 Å². The highest BCUT2D eigenvalue weighted by Gasteiger charge is 2.19. The van der Waals surface area contributed by atoms with E-state index in [1.807, 2.05) is 12.1 Å². The molecule has 0 amide bonds. The first kappa shape index (κ1) is 21.1. The lowest BCUT2D eigenvalue weighted by molar-refractivity contribution is 0.457. The Morgan fingerprint density at radius 1 is 0.839 bits per heavy atom. The van der Waals surface area contributed by atoms with Gasteiger partial charge in [0.2, 0.25) is 5.88 Å². The number of rotatable bonds is 4. The Kier molecular flexibility index (Phi) is 6.11. The molecule has 0 fully saturated rings. The third-order valence-electron chi connectivity index (χ3n) is 4.46. The van der Waals surface area contributed by atoms with Gasteiger partial charge in [0, 0.05) is 27.2 Å². The Labute approximate surface area is 193 Å². The molecule has 1 aromatic heterocycles. The van der Waals surface area contributed by atoms with Gasteiger partial charge in [0.1, 0.15) is 23.2 Å². The summed E-state index contributed by atoms with van der Waals surface area (Å²) in [5.74, 6) is -0.210. The van der Waals surface area contributed by atoms with Crippen LogP contribution in [0, 0.1) is 17.1 Å². The van der Waals surface area contributed by atoms with Gasteiger partial charge in [-0.2, -0.15) is 5.26 Å². The molecule has 0 spiro atoms. The van der Waals surface area contributed by atoms with E-state index in [4.69, 9.17) is 39.5 Å². The fraction of sp³-hybridized carbons (Fsp3) is 0. The summed E-state index contributed by atoms with van der Waals surface area (Å²) >= 11 is 18.5. The SMILES string of the molecule is N#Cc1cc(-c2ccc(Cl)cc2)c(-c2ccc(Cl)cc2Cl)nc1Oc1cccc(F)c1. The van der Waals surface area contributed by atoms with E-state index < -0.39 is 5.82 Å². The van der Waals surface area contributed by atoms with Crippen LogP contribution in [0.2, 0.25) is 15.1 Å². The van der Waals surface area contributed by atoms with Gasteiger partial charge in [-0.05, 0) is 54.1 Å². The summed E-state index contributed by atoms with van der Waals surface area (Å²) in [6.07, 6.45) is 0. The summed E-state index contributed by atoms with van der Waals surface area (Å²) in [6, 6.07) is 21.5. The van der Waals surface area contributed by atoms with Gasteiger partial charge in [0.25, 0.3) is 0 Å². The van der Waals surface area contributed by atoms with Crippen LogP contribution in [0.15, 0.2) is 72.8 Å². The molecular weight excluding hydrogens is 458 g/mol. The smallest absolute Gasteiger partial charge is 0.237 e. The lowest BCUT2D eigenvalue weighted by Gasteiger charge is -2.15. The van der Waals surface area contributed by atoms with E-state index in [2.05, 4.69) is 11.1 Å². The zero-order chi connectivity index (χ0) is 22.0. The van der Waals surface area contributed by atoms with E-state index in [-0.39, 0.29) is 17.2 Å². The highest BCUT2D eigenvalue weighted by Crippen LogP contribution is 2.39. The molecule has 31 heavy (non-hydrogen) atoms. The van der Waals surface area contributed by atoms with Crippen LogP contribution < -0.4 is 4.74 Å². The zero-order valence-corrected chi connectivity index (χ0v) is 18.0. The van der Waals surface area contributed by atoms with Crippen LogP contribution in [-0.4, -0.2) is 4.98 Å². The van der Waals surface area contributed by atoms with Crippen LogP contribution in [0.5, 0.6) is 11.6 Å². The molecule has 0 aliphatic carbocycles. The minimum absolute atomic E-state index is 0.0341. The second-order valence-electron chi connectivity index (χ2n) is 6.54. The minimum Gasteiger partial charge on any atom is -0.438 e. The summed E-state index contributed by atoms with van der Waals surface area (Å²) in [4.78, 5) is 4.60. The molecule has 0 saturated carbocycles. The van der Waals surface area contributed by atoms with Crippen molar-refractivity contribution in [2.75, 3.05) is 0 Å². The number of hydrogen-bond donors (Lipinski definition) is 0. The van der Waals surface area contributed by atoms with Crippen molar-refractivity contribution in [3.8, 4) is 40.1 Å². The normalized spacial score (nSPS) is 10.5. The lowest BCUT2D eigenvalue weighted by atomic mass is 9.97. The van der Waals surface area contributed by atoms with Gasteiger partial charge in [-0.15, -0.1) is 0 Å². The van der Waals surface area contributed by atoms with E-state index in [1.165, 1.54) is 18.2 Å². The van der Waals surface area contributed by atoms with E-state index in [0.717, 1.165) is 5.56 Å². The topological polar surface area (TPSA) is 45.9 Å². The number of halogens is 4. The van der Waals surface area contributed by atoms with Crippen LogP contribution in [0.25, 0.3) is 22.4 Å². The number of aromatic nitrogens is 1. The van der Waals surface area contributed by atoms with E-state index in [0.29, 0.717) is 31.9 Å². The molecule has 3 aromatic carbocycles. The largest absolute Gasteiger partial charge is 0.438 e. The summed E-state index contributed by atoms with van der Waals surface area (Å²) in [7, 11) is 0. The predicted molar refractivity (Wildman–Crippen MR) is 121 cm³/mol. The third kappa shape index (κ3) is 4.65. The number of ether oxygens (including phenoxy) is 1. The maximum absolute atomic E-state index is 13.6. The molecule has 0 saturated heterocycles. The van der Waals surface area contributed by atoms with Crippen molar-refractivity contribution in [3.05, 3.63) is 99.2 Å². The Morgan fingerprint density at radius 3 is 2.26 bits per heavy atom. The van der Waals surface area contributed by atoms with Crippen molar-refractivity contribution in [2.45, 2.75) is 0 Å². The molecule has 0 aliphatic rings. The summed E-state index contributed by atoms with van der Waals surface area (Å²) in [6.45, 7) is 0. The predicted octanol–water partition coefficient (Wildman–Crippen LogP) is 8.18. The van der Waals surface area contributed by atoms with Gasteiger partial charge < -0.3 is 4.74 Å². The highest BCUT2D eigenvalue weighted by atomic mass is 35.5. The average molecular weight is 470 g/mol. The molecule has 4 aromatic rings. The standard InChI is InChI=1S/C24H12Cl3FN2O/c25-16-6-4-14(5-7-16)21-10-15(13-29)24(31-19-3-1-2-18(28)12-19)30-23(21)20-9-8-17(26)11-22(20)27/h1-12H. The number of benzene rings is 3. The fourth-order valence-corrected chi connectivity index (χ4v) is 3.66. The van der Waals surface area contributed by atoms with Crippen LogP contribution in [0.4, 0.5) is 4.39 Å². The number of nitriles is 1. The summed E-state index contributed by atoms with van der Waals surface area (Å²) in [5.41, 5.74) is 2.71. The average Bonchev–Trinajstić information content (AvgIpc) is 2.74. The molecule has 0 atom stereocenters. The Hall–Kier alpha value is -3.10. The van der Waals surface area contributed by atoms with Crippen molar-refractivity contribution in [1.82, 2.24) is 4.98 Å². The number of hydrogen-bond acceptors (Lipinski definition) is 3. The van der Waals surface area contributed by atoms with Crippen molar-refractivity contribution < 1.29 is 9.13 Å². The van der Waals surface area contributed by atoms with Gasteiger partial charge in [0.15, 0.2) is 0 Å². The van der Waals surface area contributed by atoms with Crippen molar-refractivity contribution in [2.24, 2.45) is 0 Å².